The fourth-order valence-electron chi connectivity index (χ4n) is 6.85. The van der Waals surface area contributed by atoms with Gasteiger partial charge >= 0.3 is 11.9 Å². The van der Waals surface area contributed by atoms with Crippen LogP contribution in [0.25, 0.3) is 0 Å². The number of ether oxygens (including phenoxy) is 4. The van der Waals surface area contributed by atoms with Crippen LogP contribution < -0.4 is 0 Å². The van der Waals surface area contributed by atoms with Crippen molar-refractivity contribution < 1.29 is 49.0 Å². The second-order valence-electron chi connectivity index (χ2n) is 16.5. The van der Waals surface area contributed by atoms with Crippen LogP contribution >= 0.6 is 0 Å². The first-order valence-electron chi connectivity index (χ1n) is 21.8. The van der Waals surface area contributed by atoms with Gasteiger partial charge in [0.15, 0.2) is 12.4 Å². The number of aliphatic hydroxyl groups is 4. The standard InChI is InChI=1S/C43H82O10/c1-34(2)27-23-19-15-11-7-5-9-13-17-21-25-29-38(45)50-32-36(33-51-43-42(49)41(48)40(47)37(31-44)53-43)52-39(46)30-26-22-18-14-10-6-8-12-16-20-24-28-35(3)4/h34-37,40-44,47-49H,5-33H2,1-4H3/t36?,37-,40+,41+,42-,43+/m1/s1. The number of rotatable bonds is 35. The van der Waals surface area contributed by atoms with Crippen LogP contribution in [0, 0.1) is 11.8 Å². The summed E-state index contributed by atoms with van der Waals surface area (Å²) >= 11 is 0. The topological polar surface area (TPSA) is 152 Å². The highest BCUT2D eigenvalue weighted by Crippen LogP contribution is 2.23. The highest BCUT2D eigenvalue weighted by Gasteiger charge is 2.44. The van der Waals surface area contributed by atoms with Crippen molar-refractivity contribution in [1.29, 1.82) is 0 Å². The van der Waals surface area contributed by atoms with Crippen LogP contribution in [0.2, 0.25) is 0 Å². The molecule has 1 aliphatic heterocycles. The Labute approximate surface area is 323 Å². The second-order valence-corrected chi connectivity index (χ2v) is 16.5. The Morgan fingerprint density at radius 2 is 0.925 bits per heavy atom. The van der Waals surface area contributed by atoms with Crippen LogP contribution in [0.3, 0.4) is 0 Å². The zero-order valence-electron chi connectivity index (χ0n) is 34.4. The summed E-state index contributed by atoms with van der Waals surface area (Å²) in [4.78, 5) is 25.3. The molecule has 10 heteroatoms. The van der Waals surface area contributed by atoms with E-state index in [0.29, 0.717) is 6.42 Å². The first-order valence-corrected chi connectivity index (χ1v) is 21.8. The van der Waals surface area contributed by atoms with Gasteiger partial charge in [-0.1, -0.05) is 169 Å². The van der Waals surface area contributed by atoms with Gasteiger partial charge in [0.2, 0.25) is 0 Å². The number of unbranched alkanes of at least 4 members (excludes halogenated alkanes) is 20. The van der Waals surface area contributed by atoms with Gasteiger partial charge in [0.05, 0.1) is 13.2 Å². The van der Waals surface area contributed by atoms with E-state index in [0.717, 1.165) is 50.4 Å². The Morgan fingerprint density at radius 1 is 0.528 bits per heavy atom. The van der Waals surface area contributed by atoms with Gasteiger partial charge in [-0.05, 0) is 24.7 Å². The molecule has 1 heterocycles. The third kappa shape index (κ3) is 27.0. The normalized spacial score (nSPS) is 21.0. The van der Waals surface area contributed by atoms with Gasteiger partial charge in [0.1, 0.15) is 31.0 Å². The maximum Gasteiger partial charge on any atom is 0.306 e. The number of carbonyl (C=O) groups is 2. The average molecular weight is 759 g/mol. The Bertz CT molecular complexity index is 866. The quantitative estimate of drug-likeness (QED) is 0.0365. The molecule has 0 spiro atoms. The molecule has 1 unspecified atom stereocenters. The molecule has 1 aliphatic rings. The molecule has 1 fully saturated rings. The van der Waals surface area contributed by atoms with Crippen LogP contribution in [-0.4, -0.2) is 89.0 Å². The number of aliphatic hydroxyl groups excluding tert-OH is 4. The summed E-state index contributed by atoms with van der Waals surface area (Å²) in [6, 6.07) is 0. The monoisotopic (exact) mass is 759 g/mol. The first-order chi connectivity index (χ1) is 25.5. The van der Waals surface area contributed by atoms with E-state index in [1.54, 1.807) is 0 Å². The molecule has 0 saturated carbocycles. The van der Waals surface area contributed by atoms with Crippen molar-refractivity contribution >= 4 is 11.9 Å². The van der Waals surface area contributed by atoms with Crippen LogP contribution in [0.1, 0.15) is 195 Å². The lowest BCUT2D eigenvalue weighted by Crippen LogP contribution is -2.59. The molecule has 0 aromatic rings. The van der Waals surface area contributed by atoms with E-state index in [4.69, 9.17) is 18.9 Å². The van der Waals surface area contributed by atoms with Crippen molar-refractivity contribution in [2.24, 2.45) is 11.8 Å². The second kappa shape index (κ2) is 32.9. The van der Waals surface area contributed by atoms with Crippen molar-refractivity contribution in [3.63, 3.8) is 0 Å². The smallest absolute Gasteiger partial charge is 0.306 e. The molecule has 0 aromatic carbocycles. The highest BCUT2D eigenvalue weighted by atomic mass is 16.7. The zero-order chi connectivity index (χ0) is 39.1. The molecule has 6 atom stereocenters. The van der Waals surface area contributed by atoms with Crippen molar-refractivity contribution in [3.05, 3.63) is 0 Å². The third-order valence-corrected chi connectivity index (χ3v) is 10.3. The summed E-state index contributed by atoms with van der Waals surface area (Å²) in [5.74, 6) is 0.809. The summed E-state index contributed by atoms with van der Waals surface area (Å²) < 4.78 is 22.1. The van der Waals surface area contributed by atoms with E-state index in [1.807, 2.05) is 0 Å². The number of hydrogen-bond donors (Lipinski definition) is 4. The van der Waals surface area contributed by atoms with Crippen molar-refractivity contribution in [1.82, 2.24) is 0 Å². The average Bonchev–Trinajstić information content (AvgIpc) is 3.12. The van der Waals surface area contributed by atoms with E-state index in [9.17, 15) is 30.0 Å². The zero-order valence-corrected chi connectivity index (χ0v) is 34.4. The molecule has 0 amide bonds. The minimum Gasteiger partial charge on any atom is -0.462 e. The molecular weight excluding hydrogens is 676 g/mol. The van der Waals surface area contributed by atoms with Gasteiger partial charge in [-0.15, -0.1) is 0 Å². The van der Waals surface area contributed by atoms with Crippen molar-refractivity contribution in [2.45, 2.75) is 231 Å². The molecule has 1 saturated heterocycles. The molecule has 4 N–H and O–H groups in total. The molecule has 53 heavy (non-hydrogen) atoms. The Kier molecular flexibility index (Phi) is 30.9. The highest BCUT2D eigenvalue weighted by molar-refractivity contribution is 5.70. The van der Waals surface area contributed by atoms with Gasteiger partial charge in [-0.3, -0.25) is 9.59 Å². The van der Waals surface area contributed by atoms with E-state index >= 15 is 0 Å². The van der Waals surface area contributed by atoms with Crippen LogP contribution in [-0.2, 0) is 28.5 Å². The summed E-state index contributed by atoms with van der Waals surface area (Å²) in [5, 5.41) is 40.0. The number of carbonyl (C=O) groups excluding carboxylic acids is 2. The maximum atomic E-state index is 12.7. The lowest BCUT2D eigenvalue weighted by Gasteiger charge is -2.39. The fourth-order valence-corrected chi connectivity index (χ4v) is 6.85. The first kappa shape index (κ1) is 49.7. The summed E-state index contributed by atoms with van der Waals surface area (Å²) in [5.41, 5.74) is 0. The Morgan fingerprint density at radius 3 is 1.34 bits per heavy atom. The predicted octanol–water partition coefficient (Wildman–Crippen LogP) is 8.71. The van der Waals surface area contributed by atoms with Crippen molar-refractivity contribution in [2.75, 3.05) is 19.8 Å². The number of hydrogen-bond acceptors (Lipinski definition) is 10. The van der Waals surface area contributed by atoms with E-state index in [-0.39, 0.29) is 32.0 Å². The van der Waals surface area contributed by atoms with Gasteiger partial charge in [-0.2, -0.15) is 0 Å². The maximum absolute atomic E-state index is 12.7. The van der Waals surface area contributed by atoms with Gasteiger partial charge < -0.3 is 39.4 Å². The van der Waals surface area contributed by atoms with E-state index < -0.39 is 49.4 Å². The van der Waals surface area contributed by atoms with Crippen LogP contribution in [0.4, 0.5) is 0 Å². The lowest BCUT2D eigenvalue weighted by molar-refractivity contribution is -0.305. The Balaban J connectivity index is 2.33. The fraction of sp³-hybridized carbons (Fsp3) is 0.953. The van der Waals surface area contributed by atoms with Crippen LogP contribution in [0.5, 0.6) is 0 Å². The Hall–Kier alpha value is -1.30. The molecular formula is C43H82O10. The SMILES string of the molecule is CC(C)CCCCCCCCCCCCCC(=O)OCC(CO[C@H]1O[C@H](CO)[C@H](O)[C@H](O)[C@H]1O)OC(=O)CCCCCCCCCCCCCC(C)C. The molecule has 0 aliphatic carbocycles. The largest absolute Gasteiger partial charge is 0.462 e. The minimum atomic E-state index is -1.59. The van der Waals surface area contributed by atoms with Gasteiger partial charge in [0.25, 0.3) is 0 Å². The summed E-state index contributed by atoms with van der Waals surface area (Å²) in [6.07, 6.45) is 21.2. The number of esters is 2. The van der Waals surface area contributed by atoms with Gasteiger partial charge in [0, 0.05) is 12.8 Å². The summed E-state index contributed by atoms with van der Waals surface area (Å²) in [7, 11) is 0. The van der Waals surface area contributed by atoms with Crippen LogP contribution in [0.15, 0.2) is 0 Å². The molecule has 1 rings (SSSR count). The molecule has 0 aromatic heterocycles. The lowest BCUT2D eigenvalue weighted by atomic mass is 9.99. The molecule has 0 radical (unpaired) electrons. The molecule has 0 bridgehead atoms. The predicted molar refractivity (Wildman–Crippen MR) is 210 cm³/mol. The third-order valence-electron chi connectivity index (χ3n) is 10.3. The van der Waals surface area contributed by atoms with E-state index in [1.165, 1.54) is 109 Å². The molecule has 314 valence electrons. The van der Waals surface area contributed by atoms with Crippen molar-refractivity contribution in [3.8, 4) is 0 Å². The van der Waals surface area contributed by atoms with Gasteiger partial charge in [-0.25, -0.2) is 0 Å². The molecule has 10 nitrogen and oxygen atoms in total. The summed E-state index contributed by atoms with van der Waals surface area (Å²) in [6.45, 7) is 8.08. The van der Waals surface area contributed by atoms with E-state index in [2.05, 4.69) is 27.7 Å². The minimum absolute atomic E-state index is 0.211.